The molecule has 0 amide bonds. The van der Waals surface area contributed by atoms with E-state index in [4.69, 9.17) is 0 Å². The summed E-state index contributed by atoms with van der Waals surface area (Å²) in [6.07, 6.45) is 3.61. The minimum atomic E-state index is -0.245. The van der Waals surface area contributed by atoms with E-state index in [0.29, 0.717) is 12.2 Å². The van der Waals surface area contributed by atoms with Crippen LogP contribution in [0.2, 0.25) is 0 Å². The number of likely N-dealkylation sites (N-methyl/N-ethyl adjacent to an activating group) is 1. The van der Waals surface area contributed by atoms with Crippen LogP contribution < -0.4 is 10.2 Å². The normalized spacial score (nSPS) is 15.7. The highest BCUT2D eigenvalue weighted by molar-refractivity contribution is 5.47. The average Bonchev–Trinajstić information content (AvgIpc) is 2.57. The molecule has 122 valence electrons. The zero-order valence-electron chi connectivity index (χ0n) is 13.6. The molecule has 0 spiro atoms. The molecule has 0 saturated carbocycles. The number of piperazine rings is 1. The van der Waals surface area contributed by atoms with Crippen molar-refractivity contribution in [2.45, 2.75) is 13.5 Å². The molecule has 1 aliphatic rings. The lowest BCUT2D eigenvalue weighted by Crippen LogP contribution is -2.45. The largest absolute Gasteiger partial charge is 0.378 e. The van der Waals surface area contributed by atoms with Crippen LogP contribution in [-0.4, -0.2) is 48.1 Å². The highest BCUT2D eigenvalue weighted by Crippen LogP contribution is 2.17. The van der Waals surface area contributed by atoms with Crippen LogP contribution in [0.3, 0.4) is 0 Å². The molecule has 6 heteroatoms. The first-order valence-electron chi connectivity index (χ1n) is 7.86. The minimum Gasteiger partial charge on any atom is -0.378 e. The zero-order chi connectivity index (χ0) is 16.2. The lowest BCUT2D eigenvalue weighted by molar-refractivity contribution is 0.311. The maximum Gasteiger partial charge on any atom is 0.225 e. The van der Waals surface area contributed by atoms with Crippen molar-refractivity contribution >= 4 is 11.6 Å². The van der Waals surface area contributed by atoms with Gasteiger partial charge >= 0.3 is 0 Å². The van der Waals surface area contributed by atoms with Gasteiger partial charge in [-0.1, -0.05) is 6.07 Å². The molecule has 1 fully saturated rings. The second kappa shape index (κ2) is 6.91. The van der Waals surface area contributed by atoms with E-state index in [1.807, 2.05) is 6.92 Å². The van der Waals surface area contributed by atoms with Gasteiger partial charge < -0.3 is 15.1 Å². The molecule has 2 aromatic rings. The molecule has 5 nitrogen and oxygen atoms in total. The van der Waals surface area contributed by atoms with Crippen LogP contribution in [0.15, 0.2) is 30.6 Å². The molecule has 0 atom stereocenters. The van der Waals surface area contributed by atoms with Crippen LogP contribution in [0.5, 0.6) is 0 Å². The second-order valence-electron chi connectivity index (χ2n) is 6.02. The summed E-state index contributed by atoms with van der Waals surface area (Å²) >= 11 is 0. The van der Waals surface area contributed by atoms with Gasteiger partial charge in [-0.2, -0.15) is 0 Å². The number of aryl methyl sites for hydroxylation is 1. The Morgan fingerprint density at radius 3 is 2.52 bits per heavy atom. The summed E-state index contributed by atoms with van der Waals surface area (Å²) in [6.45, 7) is 6.39. The highest BCUT2D eigenvalue weighted by atomic mass is 19.1. The van der Waals surface area contributed by atoms with E-state index in [1.165, 1.54) is 6.07 Å². The summed E-state index contributed by atoms with van der Waals surface area (Å²) in [5.41, 5.74) is 2.47. The molecule has 0 radical (unpaired) electrons. The predicted molar refractivity (Wildman–Crippen MR) is 90.2 cm³/mol. The number of anilines is 2. The predicted octanol–water partition coefficient (Wildman–Crippen LogP) is 2.29. The van der Waals surface area contributed by atoms with Gasteiger partial charge in [0, 0.05) is 50.7 Å². The van der Waals surface area contributed by atoms with E-state index in [-0.39, 0.29) is 5.82 Å². The van der Waals surface area contributed by atoms with Crippen molar-refractivity contribution in [3.05, 3.63) is 47.5 Å². The lowest BCUT2D eigenvalue weighted by atomic mass is 10.2. The molecule has 1 aromatic heterocycles. The van der Waals surface area contributed by atoms with Gasteiger partial charge in [-0.05, 0) is 31.7 Å². The number of rotatable bonds is 4. The monoisotopic (exact) mass is 315 g/mol. The molecule has 0 aliphatic carbocycles. The average molecular weight is 315 g/mol. The Kier molecular flexibility index (Phi) is 4.71. The quantitative estimate of drug-likeness (QED) is 0.938. The molecular weight excluding hydrogens is 293 g/mol. The first kappa shape index (κ1) is 15.7. The van der Waals surface area contributed by atoms with Crippen molar-refractivity contribution < 1.29 is 4.39 Å². The molecule has 3 rings (SSSR count). The first-order chi connectivity index (χ1) is 11.1. The third-order valence-corrected chi connectivity index (χ3v) is 4.08. The van der Waals surface area contributed by atoms with Crippen LogP contribution in [0.1, 0.15) is 11.1 Å². The van der Waals surface area contributed by atoms with Crippen LogP contribution in [-0.2, 0) is 6.54 Å². The van der Waals surface area contributed by atoms with E-state index >= 15 is 0 Å². The van der Waals surface area contributed by atoms with Gasteiger partial charge in [-0.15, -0.1) is 0 Å². The van der Waals surface area contributed by atoms with Crippen LogP contribution in [0.25, 0.3) is 0 Å². The Morgan fingerprint density at radius 1 is 1.13 bits per heavy atom. The number of hydrogen-bond acceptors (Lipinski definition) is 5. The van der Waals surface area contributed by atoms with E-state index in [1.54, 1.807) is 24.5 Å². The molecule has 1 N–H and O–H groups in total. The van der Waals surface area contributed by atoms with E-state index in [9.17, 15) is 4.39 Å². The van der Waals surface area contributed by atoms with Crippen molar-refractivity contribution in [1.29, 1.82) is 0 Å². The standard InChI is InChI=1S/C17H22FN5/c1-13-3-4-15(18)16(9-13)19-10-14-11-20-17(21-12-14)23-7-5-22(2)6-8-23/h3-4,9,11-12,19H,5-8,10H2,1-2H3. The summed E-state index contributed by atoms with van der Waals surface area (Å²) in [5, 5.41) is 3.10. The van der Waals surface area contributed by atoms with Crippen molar-refractivity contribution in [1.82, 2.24) is 14.9 Å². The lowest BCUT2D eigenvalue weighted by Gasteiger charge is -2.32. The SMILES string of the molecule is Cc1ccc(F)c(NCc2cnc(N3CCN(C)CC3)nc2)c1. The Labute approximate surface area is 136 Å². The number of aromatic nitrogens is 2. The molecule has 1 saturated heterocycles. The van der Waals surface area contributed by atoms with E-state index in [0.717, 1.165) is 43.3 Å². The second-order valence-corrected chi connectivity index (χ2v) is 6.02. The zero-order valence-corrected chi connectivity index (χ0v) is 13.6. The van der Waals surface area contributed by atoms with Gasteiger partial charge in [0.1, 0.15) is 5.82 Å². The molecule has 0 bridgehead atoms. The van der Waals surface area contributed by atoms with Crippen molar-refractivity contribution in [3.8, 4) is 0 Å². The molecule has 2 heterocycles. The molecule has 23 heavy (non-hydrogen) atoms. The Hall–Kier alpha value is -2.21. The summed E-state index contributed by atoms with van der Waals surface area (Å²) in [5.74, 6) is 0.522. The van der Waals surface area contributed by atoms with E-state index < -0.39 is 0 Å². The number of halogens is 1. The summed E-state index contributed by atoms with van der Waals surface area (Å²) in [6, 6.07) is 5.04. The summed E-state index contributed by atoms with van der Waals surface area (Å²) < 4.78 is 13.7. The fraction of sp³-hybridized carbons (Fsp3) is 0.412. The molecule has 1 aromatic carbocycles. The summed E-state index contributed by atoms with van der Waals surface area (Å²) in [7, 11) is 2.12. The van der Waals surface area contributed by atoms with Crippen LogP contribution in [0, 0.1) is 12.7 Å². The van der Waals surface area contributed by atoms with Gasteiger partial charge in [-0.25, -0.2) is 14.4 Å². The maximum atomic E-state index is 13.7. The van der Waals surface area contributed by atoms with Crippen molar-refractivity contribution in [3.63, 3.8) is 0 Å². The maximum absolute atomic E-state index is 13.7. The van der Waals surface area contributed by atoms with Gasteiger partial charge in [-0.3, -0.25) is 0 Å². The van der Waals surface area contributed by atoms with Crippen molar-refractivity contribution in [2.75, 3.05) is 43.4 Å². The fourth-order valence-corrected chi connectivity index (χ4v) is 2.58. The topological polar surface area (TPSA) is 44.3 Å². The van der Waals surface area contributed by atoms with Gasteiger partial charge in [0.05, 0.1) is 5.69 Å². The smallest absolute Gasteiger partial charge is 0.225 e. The number of hydrogen-bond donors (Lipinski definition) is 1. The highest BCUT2D eigenvalue weighted by Gasteiger charge is 2.16. The number of benzene rings is 1. The fourth-order valence-electron chi connectivity index (χ4n) is 2.58. The Bertz CT molecular complexity index is 651. The summed E-state index contributed by atoms with van der Waals surface area (Å²) in [4.78, 5) is 13.4. The van der Waals surface area contributed by atoms with E-state index in [2.05, 4.69) is 32.1 Å². The van der Waals surface area contributed by atoms with Gasteiger partial charge in [0.25, 0.3) is 0 Å². The Balaban J connectivity index is 1.60. The third kappa shape index (κ3) is 3.96. The minimum absolute atomic E-state index is 0.245. The number of nitrogens with one attached hydrogen (secondary N) is 1. The molecular formula is C17H22FN5. The Morgan fingerprint density at radius 2 is 1.83 bits per heavy atom. The number of nitrogens with zero attached hydrogens (tertiary/aromatic N) is 4. The van der Waals surface area contributed by atoms with Crippen molar-refractivity contribution in [2.24, 2.45) is 0 Å². The van der Waals surface area contributed by atoms with Crippen LogP contribution in [0.4, 0.5) is 16.0 Å². The first-order valence-corrected chi connectivity index (χ1v) is 7.86. The van der Waals surface area contributed by atoms with Gasteiger partial charge in [0.2, 0.25) is 5.95 Å². The third-order valence-electron chi connectivity index (χ3n) is 4.08. The molecule has 0 unspecified atom stereocenters. The van der Waals surface area contributed by atoms with Crippen LogP contribution >= 0.6 is 0 Å². The molecule has 1 aliphatic heterocycles. The van der Waals surface area contributed by atoms with Gasteiger partial charge in [0.15, 0.2) is 0 Å².